The van der Waals surface area contributed by atoms with Crippen molar-refractivity contribution in [3.63, 3.8) is 0 Å². The molecule has 0 saturated carbocycles. The van der Waals surface area contributed by atoms with E-state index in [-0.39, 0.29) is 29.2 Å². The Kier molecular flexibility index (Phi) is 2.46. The number of aliphatic hydroxyl groups excluding tert-OH is 1. The molecule has 0 aromatic heterocycles. The molecule has 0 aromatic carbocycles. The van der Waals surface area contributed by atoms with Crippen molar-refractivity contribution >= 4 is 21.6 Å². The fraction of sp³-hybridized carbons (Fsp3) is 1.00. The van der Waals surface area contributed by atoms with E-state index in [4.69, 9.17) is 19.3 Å². The second-order valence-corrected chi connectivity index (χ2v) is 6.24. The fourth-order valence-electron chi connectivity index (χ4n) is 1.56. The summed E-state index contributed by atoms with van der Waals surface area (Å²) in [5, 5.41) is 9.02. The molecule has 0 bridgehead atoms. The van der Waals surface area contributed by atoms with Crippen molar-refractivity contribution in [2.75, 3.05) is 19.8 Å². The smallest absolute Gasteiger partial charge is 0.155 e. The number of hydrogen-bond donors (Lipinski definition) is 1. The van der Waals surface area contributed by atoms with Gasteiger partial charge in [-0.1, -0.05) is 21.6 Å². The highest BCUT2D eigenvalue weighted by atomic mass is 33.1. The molecule has 3 aliphatic heterocycles. The van der Waals surface area contributed by atoms with Crippen LogP contribution in [0.25, 0.3) is 0 Å². The lowest BCUT2D eigenvalue weighted by Gasteiger charge is -2.24. The van der Waals surface area contributed by atoms with Gasteiger partial charge in [-0.3, -0.25) is 0 Å². The minimum absolute atomic E-state index is 0.121. The van der Waals surface area contributed by atoms with Crippen LogP contribution in [0, 0.1) is 0 Å². The van der Waals surface area contributed by atoms with E-state index < -0.39 is 0 Å². The van der Waals surface area contributed by atoms with E-state index in [0.29, 0.717) is 6.42 Å². The normalized spacial score (nSPS) is 50.8. The van der Waals surface area contributed by atoms with Gasteiger partial charge in [0, 0.05) is 13.0 Å². The van der Waals surface area contributed by atoms with E-state index in [9.17, 15) is 0 Å². The highest BCUT2D eigenvalue weighted by Crippen LogP contribution is 2.57. The first kappa shape index (κ1) is 9.74. The lowest BCUT2D eigenvalue weighted by atomic mass is 10.2. The third kappa shape index (κ3) is 1.68. The van der Waals surface area contributed by atoms with Crippen molar-refractivity contribution in [3.8, 4) is 0 Å². The molecule has 3 rings (SSSR count). The van der Waals surface area contributed by atoms with Crippen molar-refractivity contribution < 1.29 is 19.3 Å². The van der Waals surface area contributed by atoms with Crippen LogP contribution in [0.3, 0.4) is 0 Å². The quantitative estimate of drug-likeness (QED) is 0.570. The monoisotopic (exact) mass is 236 g/mol. The molecule has 4 nitrogen and oxygen atoms in total. The van der Waals surface area contributed by atoms with Crippen molar-refractivity contribution in [2.24, 2.45) is 0 Å². The van der Waals surface area contributed by atoms with Gasteiger partial charge in [0.05, 0.1) is 13.2 Å². The lowest BCUT2D eigenvalue weighted by molar-refractivity contribution is -0.0251. The molecule has 3 aliphatic rings. The minimum atomic E-state index is -0.323. The number of ether oxygens (including phenoxy) is 3. The van der Waals surface area contributed by atoms with E-state index in [1.54, 1.807) is 21.6 Å². The van der Waals surface area contributed by atoms with Gasteiger partial charge in [0.1, 0.15) is 17.6 Å². The van der Waals surface area contributed by atoms with Crippen LogP contribution in [0.2, 0.25) is 0 Å². The van der Waals surface area contributed by atoms with Gasteiger partial charge in [0.2, 0.25) is 0 Å². The number of aliphatic hydroxyl groups is 1. The molecule has 4 atom stereocenters. The van der Waals surface area contributed by atoms with Gasteiger partial charge in [-0.2, -0.15) is 0 Å². The summed E-state index contributed by atoms with van der Waals surface area (Å²) in [5.74, 6) is 0. The molecule has 3 saturated heterocycles. The topological polar surface area (TPSA) is 54.5 Å². The predicted octanol–water partition coefficient (Wildman–Crippen LogP) is 0.600. The summed E-state index contributed by atoms with van der Waals surface area (Å²) in [6.07, 6.45) is 1.06. The third-order valence-corrected chi connectivity index (χ3v) is 5.78. The Bertz CT molecular complexity index is 231. The minimum Gasteiger partial charge on any atom is -0.396 e. The van der Waals surface area contributed by atoms with E-state index in [0.717, 1.165) is 13.2 Å². The van der Waals surface area contributed by atoms with Gasteiger partial charge in [0.15, 0.2) is 4.93 Å². The van der Waals surface area contributed by atoms with Gasteiger partial charge in [-0.05, 0) is 0 Å². The highest BCUT2D eigenvalue weighted by molar-refractivity contribution is 8.77. The molecule has 3 heterocycles. The van der Waals surface area contributed by atoms with Gasteiger partial charge in [0.25, 0.3) is 0 Å². The first-order valence-electron chi connectivity index (χ1n) is 4.70. The van der Waals surface area contributed by atoms with E-state index >= 15 is 0 Å². The first-order valence-corrected chi connectivity index (χ1v) is 6.92. The molecule has 0 aliphatic carbocycles. The second kappa shape index (κ2) is 3.54. The summed E-state index contributed by atoms with van der Waals surface area (Å²) in [6, 6.07) is 0. The maximum atomic E-state index is 9.02. The molecular weight excluding hydrogens is 224 g/mol. The molecule has 0 aromatic rings. The Hall–Kier alpha value is 0.540. The molecule has 4 unspecified atom stereocenters. The molecule has 0 amide bonds. The SMILES string of the molecule is OCCC1(C2CO2)OC(C2CO2)SS1. The molecule has 0 radical (unpaired) electrons. The third-order valence-electron chi connectivity index (χ3n) is 2.55. The van der Waals surface area contributed by atoms with Gasteiger partial charge in [-0.25, -0.2) is 0 Å². The van der Waals surface area contributed by atoms with E-state index in [1.807, 2.05) is 0 Å². The molecule has 14 heavy (non-hydrogen) atoms. The molecule has 0 spiro atoms. The Morgan fingerprint density at radius 3 is 2.71 bits per heavy atom. The van der Waals surface area contributed by atoms with Crippen molar-refractivity contribution in [1.82, 2.24) is 0 Å². The molecular formula is C8H12O4S2. The Morgan fingerprint density at radius 2 is 2.14 bits per heavy atom. The maximum Gasteiger partial charge on any atom is 0.155 e. The Balaban J connectivity index is 1.67. The van der Waals surface area contributed by atoms with Crippen LogP contribution in [0.5, 0.6) is 0 Å². The van der Waals surface area contributed by atoms with Crippen LogP contribution in [-0.4, -0.2) is 47.5 Å². The summed E-state index contributed by atoms with van der Waals surface area (Å²) >= 11 is 0. The average molecular weight is 236 g/mol. The van der Waals surface area contributed by atoms with E-state index in [1.165, 1.54) is 0 Å². The largest absolute Gasteiger partial charge is 0.396 e. The number of hydrogen-bond acceptors (Lipinski definition) is 6. The van der Waals surface area contributed by atoms with Crippen molar-refractivity contribution in [2.45, 2.75) is 29.0 Å². The summed E-state index contributed by atoms with van der Waals surface area (Å²) in [6.45, 7) is 1.70. The zero-order chi connectivity index (χ0) is 9.60. The maximum absolute atomic E-state index is 9.02. The molecule has 1 N–H and O–H groups in total. The first-order chi connectivity index (χ1) is 6.84. The standard InChI is InChI=1S/C8H12O4S2/c9-2-1-8(6-4-11-6)12-7(13-14-8)5-3-10-5/h5-7,9H,1-4H2. The molecule has 6 heteroatoms. The Labute approximate surface area is 90.1 Å². The number of epoxide rings is 2. The summed E-state index contributed by atoms with van der Waals surface area (Å²) in [5.41, 5.74) is 0.121. The second-order valence-electron chi connectivity index (χ2n) is 3.65. The van der Waals surface area contributed by atoms with Gasteiger partial charge >= 0.3 is 0 Å². The molecule has 80 valence electrons. The molecule has 3 fully saturated rings. The summed E-state index contributed by atoms with van der Waals surface area (Å²) < 4.78 is 16.4. The van der Waals surface area contributed by atoms with Crippen LogP contribution in [0.4, 0.5) is 0 Å². The Morgan fingerprint density at radius 1 is 1.36 bits per heavy atom. The predicted molar refractivity (Wildman–Crippen MR) is 54.0 cm³/mol. The summed E-state index contributed by atoms with van der Waals surface area (Å²) in [4.78, 5) is -0.323. The van der Waals surface area contributed by atoms with Crippen LogP contribution in [0.1, 0.15) is 6.42 Å². The van der Waals surface area contributed by atoms with E-state index in [2.05, 4.69) is 0 Å². The van der Waals surface area contributed by atoms with Crippen molar-refractivity contribution in [3.05, 3.63) is 0 Å². The van der Waals surface area contributed by atoms with Crippen LogP contribution >= 0.6 is 21.6 Å². The van der Waals surface area contributed by atoms with Gasteiger partial charge < -0.3 is 19.3 Å². The zero-order valence-corrected chi connectivity index (χ0v) is 9.18. The van der Waals surface area contributed by atoms with Crippen molar-refractivity contribution in [1.29, 1.82) is 0 Å². The zero-order valence-electron chi connectivity index (χ0n) is 7.55. The average Bonchev–Trinajstić information content (AvgIpc) is 3.06. The lowest BCUT2D eigenvalue weighted by Crippen LogP contribution is -2.35. The fourth-order valence-corrected chi connectivity index (χ4v) is 4.89. The highest BCUT2D eigenvalue weighted by Gasteiger charge is 2.56. The van der Waals surface area contributed by atoms with Crippen LogP contribution in [-0.2, 0) is 14.2 Å². The van der Waals surface area contributed by atoms with Gasteiger partial charge in [-0.15, -0.1) is 0 Å². The van der Waals surface area contributed by atoms with Crippen LogP contribution in [0.15, 0.2) is 0 Å². The summed E-state index contributed by atoms with van der Waals surface area (Å²) in [7, 11) is 3.40. The van der Waals surface area contributed by atoms with Crippen LogP contribution < -0.4 is 0 Å². The number of rotatable bonds is 4.